The number of hydrogen-bond acceptors (Lipinski definition) is 1. The van der Waals surface area contributed by atoms with Crippen LogP contribution in [0, 0.1) is 11.8 Å². The van der Waals surface area contributed by atoms with E-state index in [1.165, 1.54) is 0 Å². The number of rotatable bonds is 2. The predicted molar refractivity (Wildman–Crippen MR) is 59.2 cm³/mol. The van der Waals surface area contributed by atoms with Gasteiger partial charge in [0.1, 0.15) is 7.85 Å². The lowest BCUT2D eigenvalue weighted by Gasteiger charge is -2.45. The molecule has 1 heterocycles. The SMILES string of the molecule is [B]C1(F)CN(C(C)C)CCC1C(C)C. The van der Waals surface area contributed by atoms with Crippen molar-refractivity contribution in [1.29, 1.82) is 0 Å². The molecule has 0 saturated carbocycles. The van der Waals surface area contributed by atoms with Crippen molar-refractivity contribution in [3.05, 3.63) is 0 Å². The summed E-state index contributed by atoms with van der Waals surface area (Å²) in [5.74, 6) is 0.344. The Hall–Kier alpha value is -0.0451. The molecule has 1 nitrogen and oxygen atoms in total. The summed E-state index contributed by atoms with van der Waals surface area (Å²) < 4.78 is 14.1. The first kappa shape index (κ1) is 12.0. The van der Waals surface area contributed by atoms with Crippen LogP contribution in [0.15, 0.2) is 0 Å². The van der Waals surface area contributed by atoms with Gasteiger partial charge in [0.25, 0.3) is 0 Å². The van der Waals surface area contributed by atoms with Crippen LogP contribution in [-0.4, -0.2) is 37.4 Å². The highest BCUT2D eigenvalue weighted by Gasteiger charge is 2.41. The van der Waals surface area contributed by atoms with Crippen LogP contribution in [0.4, 0.5) is 4.39 Å². The highest BCUT2D eigenvalue weighted by molar-refractivity contribution is 6.15. The van der Waals surface area contributed by atoms with Gasteiger partial charge in [0.2, 0.25) is 0 Å². The van der Waals surface area contributed by atoms with Crippen molar-refractivity contribution in [2.24, 2.45) is 11.8 Å². The van der Waals surface area contributed by atoms with Gasteiger partial charge in [0.05, 0.1) is 5.57 Å². The maximum Gasteiger partial charge on any atom is 0.123 e. The van der Waals surface area contributed by atoms with Crippen molar-refractivity contribution in [1.82, 2.24) is 4.90 Å². The van der Waals surface area contributed by atoms with E-state index in [1.807, 2.05) is 0 Å². The standard InChI is InChI=1S/C11H21BFN/c1-8(2)10-5-6-14(9(3)4)7-11(10,12)13/h8-10H,5-7H2,1-4H3. The summed E-state index contributed by atoms with van der Waals surface area (Å²) in [5.41, 5.74) is -1.50. The third kappa shape index (κ3) is 2.50. The maximum atomic E-state index is 14.1. The molecule has 1 fully saturated rings. The molecule has 1 aliphatic rings. The third-order valence-corrected chi connectivity index (χ3v) is 3.32. The summed E-state index contributed by atoms with van der Waals surface area (Å²) in [4.78, 5) is 2.12. The number of likely N-dealkylation sites (tertiary alicyclic amines) is 1. The molecule has 1 rings (SSSR count). The fraction of sp³-hybridized carbons (Fsp3) is 1.00. The van der Waals surface area contributed by atoms with Gasteiger partial charge in [0, 0.05) is 12.6 Å². The Kier molecular flexibility index (Phi) is 3.62. The Labute approximate surface area is 88.5 Å². The van der Waals surface area contributed by atoms with E-state index in [9.17, 15) is 4.39 Å². The van der Waals surface area contributed by atoms with E-state index in [-0.39, 0.29) is 5.92 Å². The van der Waals surface area contributed by atoms with E-state index in [0.717, 1.165) is 13.0 Å². The summed E-state index contributed by atoms with van der Waals surface area (Å²) in [6, 6.07) is 0.391. The van der Waals surface area contributed by atoms with Crippen molar-refractivity contribution in [2.45, 2.75) is 45.7 Å². The van der Waals surface area contributed by atoms with Crippen molar-refractivity contribution in [3.8, 4) is 0 Å². The van der Waals surface area contributed by atoms with Gasteiger partial charge in [-0.05, 0) is 38.6 Å². The molecule has 2 atom stereocenters. The fourth-order valence-corrected chi connectivity index (χ4v) is 2.38. The monoisotopic (exact) mass is 197 g/mol. The molecular weight excluding hydrogens is 176 g/mol. The van der Waals surface area contributed by atoms with Gasteiger partial charge in [-0.2, -0.15) is 0 Å². The first-order valence-electron chi connectivity index (χ1n) is 5.56. The second-order valence-electron chi connectivity index (χ2n) is 5.13. The van der Waals surface area contributed by atoms with E-state index < -0.39 is 5.57 Å². The van der Waals surface area contributed by atoms with Crippen LogP contribution in [-0.2, 0) is 0 Å². The average Bonchev–Trinajstić information content (AvgIpc) is 2.01. The molecule has 0 aromatic carbocycles. The summed E-state index contributed by atoms with van der Waals surface area (Å²) in [5, 5.41) is 0. The van der Waals surface area contributed by atoms with Crippen LogP contribution in [0.1, 0.15) is 34.1 Å². The van der Waals surface area contributed by atoms with Gasteiger partial charge >= 0.3 is 0 Å². The first-order chi connectivity index (χ1) is 6.34. The Morgan fingerprint density at radius 2 is 1.93 bits per heavy atom. The van der Waals surface area contributed by atoms with E-state index >= 15 is 0 Å². The minimum atomic E-state index is -1.50. The zero-order chi connectivity index (χ0) is 10.9. The van der Waals surface area contributed by atoms with Crippen LogP contribution in [0.25, 0.3) is 0 Å². The van der Waals surface area contributed by atoms with Crippen molar-refractivity contribution >= 4 is 7.85 Å². The summed E-state index contributed by atoms with van der Waals surface area (Å²) in [6.45, 7) is 9.64. The molecule has 0 amide bonds. The quantitative estimate of drug-likeness (QED) is 0.613. The number of piperidine rings is 1. The van der Waals surface area contributed by atoms with Crippen LogP contribution < -0.4 is 0 Å². The Morgan fingerprint density at radius 3 is 2.29 bits per heavy atom. The Morgan fingerprint density at radius 1 is 1.36 bits per heavy atom. The summed E-state index contributed by atoms with van der Waals surface area (Å²) in [7, 11) is 5.74. The molecule has 0 N–H and O–H groups in total. The Bertz CT molecular complexity index is 192. The van der Waals surface area contributed by atoms with Gasteiger partial charge in [-0.15, -0.1) is 0 Å². The van der Waals surface area contributed by atoms with E-state index in [0.29, 0.717) is 18.5 Å². The van der Waals surface area contributed by atoms with Gasteiger partial charge in [-0.1, -0.05) is 13.8 Å². The van der Waals surface area contributed by atoms with Crippen LogP contribution in [0.2, 0.25) is 0 Å². The molecule has 0 bridgehead atoms. The molecule has 14 heavy (non-hydrogen) atoms. The van der Waals surface area contributed by atoms with Crippen molar-refractivity contribution in [2.75, 3.05) is 13.1 Å². The fourth-order valence-electron chi connectivity index (χ4n) is 2.38. The van der Waals surface area contributed by atoms with Crippen molar-refractivity contribution < 1.29 is 4.39 Å². The molecule has 0 aromatic rings. The Balaban J connectivity index is 2.65. The average molecular weight is 197 g/mol. The second kappa shape index (κ2) is 4.22. The first-order valence-corrected chi connectivity index (χ1v) is 5.56. The number of nitrogens with zero attached hydrogens (tertiary/aromatic N) is 1. The van der Waals surface area contributed by atoms with E-state index in [1.54, 1.807) is 0 Å². The minimum Gasteiger partial charge on any atom is -0.299 e. The lowest BCUT2D eigenvalue weighted by Crippen LogP contribution is -2.54. The molecular formula is C11H21BFN. The third-order valence-electron chi connectivity index (χ3n) is 3.32. The maximum absolute atomic E-state index is 14.1. The molecule has 0 aliphatic carbocycles. The smallest absolute Gasteiger partial charge is 0.123 e. The highest BCUT2D eigenvalue weighted by atomic mass is 19.1. The van der Waals surface area contributed by atoms with Crippen LogP contribution in [0.5, 0.6) is 0 Å². The van der Waals surface area contributed by atoms with Gasteiger partial charge in [-0.25, -0.2) is 0 Å². The lowest BCUT2D eigenvalue weighted by molar-refractivity contribution is 0.0170. The van der Waals surface area contributed by atoms with E-state index in [2.05, 4.69) is 32.6 Å². The molecule has 2 radical (unpaired) electrons. The molecule has 1 saturated heterocycles. The van der Waals surface area contributed by atoms with Crippen LogP contribution in [0.3, 0.4) is 0 Å². The number of halogens is 1. The number of hydrogen-bond donors (Lipinski definition) is 0. The molecule has 1 aliphatic heterocycles. The normalized spacial score (nSPS) is 35.5. The molecule has 0 spiro atoms. The van der Waals surface area contributed by atoms with Crippen molar-refractivity contribution in [3.63, 3.8) is 0 Å². The van der Waals surface area contributed by atoms with E-state index in [4.69, 9.17) is 7.85 Å². The lowest BCUT2D eigenvalue weighted by atomic mass is 9.65. The molecule has 2 unspecified atom stereocenters. The molecule has 80 valence electrons. The zero-order valence-electron chi connectivity index (χ0n) is 9.76. The summed E-state index contributed by atoms with van der Waals surface area (Å²) >= 11 is 0. The topological polar surface area (TPSA) is 3.24 Å². The predicted octanol–water partition coefficient (Wildman–Crippen LogP) is 2.21. The largest absolute Gasteiger partial charge is 0.299 e. The second-order valence-corrected chi connectivity index (χ2v) is 5.13. The molecule has 3 heteroatoms. The van der Waals surface area contributed by atoms with Gasteiger partial charge in [0.15, 0.2) is 0 Å². The van der Waals surface area contributed by atoms with Gasteiger partial charge < -0.3 is 0 Å². The molecule has 0 aromatic heterocycles. The number of alkyl halides is 1. The van der Waals surface area contributed by atoms with Crippen LogP contribution >= 0.6 is 0 Å². The van der Waals surface area contributed by atoms with Gasteiger partial charge in [-0.3, -0.25) is 9.29 Å². The summed E-state index contributed by atoms with van der Waals surface area (Å²) in [6.07, 6.45) is 0.878. The highest BCUT2D eigenvalue weighted by Crippen LogP contribution is 2.34. The zero-order valence-corrected chi connectivity index (χ0v) is 9.76. The minimum absolute atomic E-state index is 0.0116.